The van der Waals surface area contributed by atoms with Crippen molar-refractivity contribution in [2.24, 2.45) is 0 Å². The lowest BCUT2D eigenvalue weighted by molar-refractivity contribution is 0.122. The molecule has 2 rings (SSSR count). The molecule has 0 amide bonds. The maximum atomic E-state index is 9.31. The molecule has 0 unspecified atom stereocenters. The third-order valence-electron chi connectivity index (χ3n) is 3.13. The van der Waals surface area contributed by atoms with Crippen molar-refractivity contribution in [3.8, 4) is 6.19 Å². The molecule has 0 spiro atoms. The van der Waals surface area contributed by atoms with E-state index in [9.17, 15) is 5.26 Å². The van der Waals surface area contributed by atoms with Crippen LogP contribution in [0, 0.1) is 11.5 Å². The van der Waals surface area contributed by atoms with E-state index in [4.69, 9.17) is 4.74 Å². The average Bonchev–Trinajstić information content (AvgIpc) is 2.48. The van der Waals surface area contributed by atoms with Crippen LogP contribution in [-0.4, -0.2) is 61.4 Å². The van der Waals surface area contributed by atoms with Crippen molar-refractivity contribution in [1.82, 2.24) is 15.0 Å². The third-order valence-corrected chi connectivity index (χ3v) is 3.13. The van der Waals surface area contributed by atoms with Crippen molar-refractivity contribution in [3.05, 3.63) is 0 Å². The minimum atomic E-state index is -0.00930. The Kier molecular flexibility index (Phi) is 4.75. The largest absolute Gasteiger partial charge is 0.378 e. The van der Waals surface area contributed by atoms with Crippen LogP contribution in [0.25, 0.3) is 0 Å². The van der Waals surface area contributed by atoms with Gasteiger partial charge in [-0.15, -0.1) is 0 Å². The SMILES string of the molecule is CC(C)N(C#N)c1nc(N(C)C)nc(N2CCOCC2)n1. The highest BCUT2D eigenvalue weighted by atomic mass is 16.5. The Morgan fingerprint density at radius 3 is 2.29 bits per heavy atom. The van der Waals surface area contributed by atoms with E-state index >= 15 is 0 Å². The molecule has 1 aromatic rings. The summed E-state index contributed by atoms with van der Waals surface area (Å²) in [4.78, 5) is 18.6. The fourth-order valence-corrected chi connectivity index (χ4v) is 1.95. The molecule has 1 fully saturated rings. The van der Waals surface area contributed by atoms with Gasteiger partial charge in [0.15, 0.2) is 6.19 Å². The quantitative estimate of drug-likeness (QED) is 0.585. The highest BCUT2D eigenvalue weighted by Gasteiger charge is 2.21. The Balaban J connectivity index is 2.40. The number of ether oxygens (including phenoxy) is 1. The second kappa shape index (κ2) is 6.54. The fraction of sp³-hybridized carbons (Fsp3) is 0.692. The van der Waals surface area contributed by atoms with Crippen molar-refractivity contribution in [2.45, 2.75) is 19.9 Å². The molecule has 114 valence electrons. The van der Waals surface area contributed by atoms with E-state index in [1.807, 2.05) is 32.8 Å². The van der Waals surface area contributed by atoms with E-state index in [2.05, 4.69) is 26.0 Å². The number of rotatable bonds is 4. The zero-order chi connectivity index (χ0) is 15.4. The number of hydrogen-bond acceptors (Lipinski definition) is 8. The Hall–Kier alpha value is -2.14. The summed E-state index contributed by atoms with van der Waals surface area (Å²) in [5, 5.41) is 9.31. The van der Waals surface area contributed by atoms with Crippen LogP contribution in [0.1, 0.15) is 13.8 Å². The van der Waals surface area contributed by atoms with Gasteiger partial charge in [0.25, 0.3) is 0 Å². The fourth-order valence-electron chi connectivity index (χ4n) is 1.95. The molecule has 1 aliphatic heterocycles. The maximum absolute atomic E-state index is 9.31. The molecule has 8 heteroatoms. The summed E-state index contributed by atoms with van der Waals surface area (Å²) < 4.78 is 5.35. The van der Waals surface area contributed by atoms with Gasteiger partial charge in [0.1, 0.15) is 0 Å². The Labute approximate surface area is 125 Å². The van der Waals surface area contributed by atoms with E-state index < -0.39 is 0 Å². The maximum Gasteiger partial charge on any atom is 0.245 e. The van der Waals surface area contributed by atoms with Gasteiger partial charge >= 0.3 is 0 Å². The van der Waals surface area contributed by atoms with E-state index in [1.54, 1.807) is 0 Å². The molecule has 0 aromatic carbocycles. The van der Waals surface area contributed by atoms with E-state index in [0.29, 0.717) is 31.1 Å². The molecule has 1 aromatic heterocycles. The molecule has 0 N–H and O–H groups in total. The molecule has 8 nitrogen and oxygen atoms in total. The van der Waals surface area contributed by atoms with Gasteiger partial charge in [0.2, 0.25) is 17.8 Å². The van der Waals surface area contributed by atoms with Crippen LogP contribution in [-0.2, 0) is 4.74 Å². The van der Waals surface area contributed by atoms with Crippen LogP contribution in [0.4, 0.5) is 17.8 Å². The molecule has 0 bridgehead atoms. The Morgan fingerprint density at radius 1 is 1.14 bits per heavy atom. The first kappa shape index (κ1) is 15.3. The van der Waals surface area contributed by atoms with Gasteiger partial charge in [-0.2, -0.15) is 20.2 Å². The summed E-state index contributed by atoms with van der Waals surface area (Å²) >= 11 is 0. The van der Waals surface area contributed by atoms with Crippen LogP contribution in [0.15, 0.2) is 0 Å². The van der Waals surface area contributed by atoms with Crippen LogP contribution in [0.3, 0.4) is 0 Å². The van der Waals surface area contributed by atoms with Crippen molar-refractivity contribution in [3.63, 3.8) is 0 Å². The number of hydrogen-bond donors (Lipinski definition) is 0. The standard InChI is InChI=1S/C13H21N7O/c1-10(2)20(9-14)13-16-11(18(3)4)15-12(17-13)19-5-7-21-8-6-19/h10H,5-8H2,1-4H3. The van der Waals surface area contributed by atoms with E-state index in [-0.39, 0.29) is 6.04 Å². The van der Waals surface area contributed by atoms with E-state index in [1.165, 1.54) is 4.90 Å². The van der Waals surface area contributed by atoms with Crippen LogP contribution in [0.5, 0.6) is 0 Å². The van der Waals surface area contributed by atoms with Crippen molar-refractivity contribution < 1.29 is 4.74 Å². The summed E-state index contributed by atoms with van der Waals surface area (Å²) in [6.07, 6.45) is 2.13. The number of aromatic nitrogens is 3. The Bertz CT molecular complexity index is 520. The normalized spacial score (nSPS) is 15.0. The van der Waals surface area contributed by atoms with Gasteiger partial charge < -0.3 is 14.5 Å². The molecular formula is C13H21N7O. The van der Waals surface area contributed by atoms with Crippen molar-refractivity contribution in [2.75, 3.05) is 55.1 Å². The van der Waals surface area contributed by atoms with Gasteiger partial charge in [-0.3, -0.25) is 0 Å². The molecule has 21 heavy (non-hydrogen) atoms. The predicted molar refractivity (Wildman–Crippen MR) is 80.4 cm³/mol. The lowest BCUT2D eigenvalue weighted by Crippen LogP contribution is -2.38. The van der Waals surface area contributed by atoms with Crippen LogP contribution < -0.4 is 14.7 Å². The summed E-state index contributed by atoms with van der Waals surface area (Å²) in [7, 11) is 3.74. The van der Waals surface area contributed by atoms with Gasteiger partial charge in [-0.05, 0) is 13.8 Å². The lowest BCUT2D eigenvalue weighted by Gasteiger charge is -2.28. The van der Waals surface area contributed by atoms with Gasteiger partial charge in [-0.1, -0.05) is 0 Å². The molecule has 2 heterocycles. The lowest BCUT2D eigenvalue weighted by atomic mass is 10.3. The zero-order valence-electron chi connectivity index (χ0n) is 12.9. The highest BCUT2D eigenvalue weighted by Crippen LogP contribution is 2.19. The minimum Gasteiger partial charge on any atom is -0.378 e. The summed E-state index contributed by atoms with van der Waals surface area (Å²) in [6.45, 7) is 6.65. The first-order chi connectivity index (χ1) is 10.0. The van der Waals surface area contributed by atoms with Crippen LogP contribution in [0.2, 0.25) is 0 Å². The summed E-state index contributed by atoms with van der Waals surface area (Å²) in [5.41, 5.74) is 0. The smallest absolute Gasteiger partial charge is 0.245 e. The Morgan fingerprint density at radius 2 is 1.76 bits per heavy atom. The average molecular weight is 291 g/mol. The second-order valence-corrected chi connectivity index (χ2v) is 5.29. The van der Waals surface area contributed by atoms with Gasteiger partial charge in [0.05, 0.1) is 13.2 Å². The van der Waals surface area contributed by atoms with E-state index in [0.717, 1.165) is 13.1 Å². The van der Waals surface area contributed by atoms with Crippen molar-refractivity contribution in [1.29, 1.82) is 5.26 Å². The monoisotopic (exact) mass is 291 g/mol. The zero-order valence-corrected chi connectivity index (χ0v) is 12.9. The van der Waals surface area contributed by atoms with Crippen molar-refractivity contribution >= 4 is 17.8 Å². The van der Waals surface area contributed by atoms with Gasteiger partial charge in [0, 0.05) is 33.2 Å². The predicted octanol–water partition coefficient (Wildman–Crippen LogP) is 0.470. The number of nitrogens with zero attached hydrogens (tertiary/aromatic N) is 7. The van der Waals surface area contributed by atoms with Crippen LogP contribution >= 0.6 is 0 Å². The molecule has 0 aliphatic carbocycles. The summed E-state index contributed by atoms with van der Waals surface area (Å²) in [5.74, 6) is 1.52. The second-order valence-electron chi connectivity index (χ2n) is 5.29. The van der Waals surface area contributed by atoms with Gasteiger partial charge in [-0.25, -0.2) is 4.90 Å². The number of anilines is 3. The first-order valence-corrected chi connectivity index (χ1v) is 6.98. The molecule has 1 aliphatic rings. The highest BCUT2D eigenvalue weighted by molar-refractivity contribution is 5.48. The number of morpholine rings is 1. The molecule has 0 radical (unpaired) electrons. The molecule has 0 saturated carbocycles. The third kappa shape index (κ3) is 3.49. The number of nitriles is 1. The molecule has 1 saturated heterocycles. The minimum absolute atomic E-state index is 0.00930. The first-order valence-electron chi connectivity index (χ1n) is 6.98. The summed E-state index contributed by atoms with van der Waals surface area (Å²) in [6, 6.07) is -0.00930. The molecular weight excluding hydrogens is 270 g/mol. The molecule has 0 atom stereocenters. The topological polar surface area (TPSA) is 81.4 Å².